The highest BCUT2D eigenvalue weighted by molar-refractivity contribution is 7.19. The molecule has 5 heteroatoms. The van der Waals surface area contributed by atoms with Crippen molar-refractivity contribution in [2.75, 3.05) is 0 Å². The number of hydrogen-bond donors (Lipinski definition) is 0. The van der Waals surface area contributed by atoms with E-state index in [4.69, 9.17) is 4.74 Å². The van der Waals surface area contributed by atoms with E-state index in [0.29, 0.717) is 4.88 Å². The predicted molar refractivity (Wildman–Crippen MR) is 88.5 cm³/mol. The molecule has 3 aromatic rings. The minimum absolute atomic E-state index is 0.121. The summed E-state index contributed by atoms with van der Waals surface area (Å²) in [7, 11) is 0. The number of esters is 1. The Kier molecular flexibility index (Phi) is 3.74. The van der Waals surface area contributed by atoms with E-state index < -0.39 is 0 Å². The smallest absolute Gasteiger partial charge is 0.350 e. The molecular weight excluding hydrogens is 296 g/mol. The van der Waals surface area contributed by atoms with Crippen molar-refractivity contribution in [3.05, 3.63) is 46.6 Å². The Bertz CT molecular complexity index is 828. The van der Waals surface area contributed by atoms with Gasteiger partial charge in [0, 0.05) is 17.5 Å². The lowest BCUT2D eigenvalue weighted by Crippen LogP contribution is -2.11. The molecule has 0 amide bonds. The first-order chi connectivity index (χ1) is 10.5. The van der Waals surface area contributed by atoms with Gasteiger partial charge >= 0.3 is 5.97 Å². The summed E-state index contributed by atoms with van der Waals surface area (Å²) < 4.78 is 7.23. The van der Waals surface area contributed by atoms with Crippen molar-refractivity contribution in [2.24, 2.45) is 0 Å². The summed E-state index contributed by atoms with van der Waals surface area (Å²) in [6.45, 7) is 7.68. The van der Waals surface area contributed by atoms with Crippen LogP contribution in [0.1, 0.15) is 34.8 Å². The van der Waals surface area contributed by atoms with Gasteiger partial charge in [0.2, 0.25) is 0 Å². The molecule has 0 aliphatic heterocycles. The number of rotatable bonds is 3. The molecule has 0 saturated heterocycles. The quantitative estimate of drug-likeness (QED) is 0.679. The van der Waals surface area contributed by atoms with Crippen LogP contribution in [-0.4, -0.2) is 21.5 Å². The fourth-order valence-corrected chi connectivity index (χ4v) is 3.26. The molecule has 0 N–H and O–H groups in total. The molecule has 0 atom stereocenters. The van der Waals surface area contributed by atoms with Gasteiger partial charge in [-0.3, -0.25) is 4.40 Å². The van der Waals surface area contributed by atoms with Crippen molar-refractivity contribution in [2.45, 2.75) is 33.8 Å². The minimum atomic E-state index is -0.278. The third-order valence-corrected chi connectivity index (χ3v) is 4.57. The minimum Gasteiger partial charge on any atom is -0.459 e. The number of imidazole rings is 1. The zero-order valence-corrected chi connectivity index (χ0v) is 13.9. The summed E-state index contributed by atoms with van der Waals surface area (Å²) in [5.41, 5.74) is 4.08. The number of hydrogen-bond acceptors (Lipinski definition) is 4. The van der Waals surface area contributed by atoms with Crippen molar-refractivity contribution in [3.8, 4) is 11.3 Å². The zero-order valence-electron chi connectivity index (χ0n) is 13.1. The third kappa shape index (κ3) is 2.64. The standard InChI is InChI=1S/C17H18N2O2S/c1-10(2)21-16(20)15-12(4)19-9-14(18-17(19)22-15)13-7-5-11(3)6-8-13/h5-10H,1-4H3. The van der Waals surface area contributed by atoms with Crippen LogP contribution in [0.5, 0.6) is 0 Å². The third-order valence-electron chi connectivity index (χ3n) is 3.43. The summed E-state index contributed by atoms with van der Waals surface area (Å²) >= 11 is 1.37. The fourth-order valence-electron chi connectivity index (χ4n) is 2.27. The number of aryl methyl sites for hydroxylation is 2. The molecule has 22 heavy (non-hydrogen) atoms. The second-order valence-corrected chi connectivity index (χ2v) is 6.59. The topological polar surface area (TPSA) is 43.6 Å². The molecule has 1 aromatic carbocycles. The Hall–Kier alpha value is -2.14. The molecule has 0 fully saturated rings. The molecule has 114 valence electrons. The molecule has 0 spiro atoms. The van der Waals surface area contributed by atoms with Gasteiger partial charge in [0.05, 0.1) is 11.8 Å². The predicted octanol–water partition coefficient (Wildman–Crippen LogP) is 4.24. The highest BCUT2D eigenvalue weighted by Gasteiger charge is 2.19. The first-order valence-corrected chi connectivity index (χ1v) is 8.04. The van der Waals surface area contributed by atoms with Gasteiger partial charge in [-0.2, -0.15) is 0 Å². The molecule has 0 aliphatic carbocycles. The van der Waals surface area contributed by atoms with Crippen molar-refractivity contribution in [1.29, 1.82) is 0 Å². The molecule has 0 unspecified atom stereocenters. The van der Waals surface area contributed by atoms with Crippen LogP contribution in [-0.2, 0) is 4.74 Å². The largest absolute Gasteiger partial charge is 0.459 e. The Morgan fingerprint density at radius 2 is 1.91 bits per heavy atom. The van der Waals surface area contributed by atoms with Crippen LogP contribution in [0.2, 0.25) is 0 Å². The number of benzene rings is 1. The Morgan fingerprint density at radius 3 is 2.50 bits per heavy atom. The lowest BCUT2D eigenvalue weighted by molar-refractivity contribution is 0.0382. The highest BCUT2D eigenvalue weighted by atomic mass is 32.1. The fraction of sp³-hybridized carbons (Fsp3) is 0.294. The van der Waals surface area contributed by atoms with Gasteiger partial charge in [-0.15, -0.1) is 0 Å². The maximum absolute atomic E-state index is 12.1. The van der Waals surface area contributed by atoms with Crippen LogP contribution >= 0.6 is 11.3 Å². The molecule has 0 radical (unpaired) electrons. The molecule has 2 heterocycles. The lowest BCUT2D eigenvalue weighted by atomic mass is 10.1. The number of ether oxygens (including phenoxy) is 1. The second-order valence-electron chi connectivity index (χ2n) is 5.62. The van der Waals surface area contributed by atoms with Crippen LogP contribution in [0.4, 0.5) is 0 Å². The van der Waals surface area contributed by atoms with Gasteiger partial charge in [0.1, 0.15) is 4.88 Å². The van der Waals surface area contributed by atoms with Crippen molar-refractivity contribution in [1.82, 2.24) is 9.38 Å². The summed E-state index contributed by atoms with van der Waals surface area (Å²) in [6.07, 6.45) is 1.85. The first-order valence-electron chi connectivity index (χ1n) is 7.22. The average molecular weight is 314 g/mol. The van der Waals surface area contributed by atoms with Gasteiger partial charge in [0.25, 0.3) is 0 Å². The maximum Gasteiger partial charge on any atom is 0.350 e. The molecule has 0 aliphatic rings. The number of nitrogens with zero attached hydrogens (tertiary/aromatic N) is 2. The summed E-state index contributed by atoms with van der Waals surface area (Å²) in [6, 6.07) is 8.26. The molecule has 0 saturated carbocycles. The van der Waals surface area contributed by atoms with Crippen LogP contribution in [0.3, 0.4) is 0 Å². The Labute approximate surface area is 133 Å². The van der Waals surface area contributed by atoms with Crippen molar-refractivity contribution >= 4 is 22.3 Å². The van der Waals surface area contributed by atoms with Crippen LogP contribution in [0.15, 0.2) is 30.5 Å². The molecule has 0 bridgehead atoms. The normalized spacial score (nSPS) is 11.3. The van der Waals surface area contributed by atoms with E-state index in [-0.39, 0.29) is 12.1 Å². The van der Waals surface area contributed by atoms with E-state index in [1.807, 2.05) is 31.4 Å². The SMILES string of the molecule is Cc1ccc(-c2cn3c(C)c(C(=O)OC(C)C)sc3n2)cc1. The lowest BCUT2D eigenvalue weighted by Gasteiger charge is -2.06. The van der Waals surface area contributed by atoms with E-state index in [0.717, 1.165) is 21.9 Å². The van der Waals surface area contributed by atoms with E-state index in [1.54, 1.807) is 0 Å². The van der Waals surface area contributed by atoms with Gasteiger partial charge in [-0.25, -0.2) is 9.78 Å². The number of aromatic nitrogens is 2. The second kappa shape index (κ2) is 5.57. The van der Waals surface area contributed by atoms with E-state index in [1.165, 1.54) is 16.9 Å². The molecular formula is C17H18N2O2S. The molecule has 2 aromatic heterocycles. The zero-order chi connectivity index (χ0) is 15.9. The van der Waals surface area contributed by atoms with Crippen LogP contribution in [0, 0.1) is 13.8 Å². The average Bonchev–Trinajstić information content (AvgIpc) is 2.99. The van der Waals surface area contributed by atoms with Crippen LogP contribution in [0.25, 0.3) is 16.2 Å². The van der Waals surface area contributed by atoms with Gasteiger partial charge in [0.15, 0.2) is 4.96 Å². The van der Waals surface area contributed by atoms with Crippen molar-refractivity contribution < 1.29 is 9.53 Å². The highest BCUT2D eigenvalue weighted by Crippen LogP contribution is 2.28. The number of thiazole rings is 1. The summed E-state index contributed by atoms with van der Waals surface area (Å²) in [4.78, 5) is 18.1. The van der Waals surface area contributed by atoms with Crippen LogP contribution < -0.4 is 0 Å². The van der Waals surface area contributed by atoms with E-state index >= 15 is 0 Å². The molecule has 3 rings (SSSR count). The van der Waals surface area contributed by atoms with Gasteiger partial charge in [-0.05, 0) is 27.7 Å². The number of fused-ring (bicyclic) bond motifs is 1. The summed E-state index contributed by atoms with van der Waals surface area (Å²) in [5.74, 6) is -0.278. The maximum atomic E-state index is 12.1. The monoisotopic (exact) mass is 314 g/mol. The Morgan fingerprint density at radius 1 is 1.23 bits per heavy atom. The number of carbonyl (C=O) groups excluding carboxylic acids is 1. The van der Waals surface area contributed by atoms with E-state index in [9.17, 15) is 4.79 Å². The first kappa shape index (κ1) is 14.8. The number of carbonyl (C=O) groups is 1. The van der Waals surface area contributed by atoms with Crippen molar-refractivity contribution in [3.63, 3.8) is 0 Å². The molecule has 4 nitrogen and oxygen atoms in total. The Balaban J connectivity index is 1.99. The van der Waals surface area contributed by atoms with E-state index in [2.05, 4.69) is 36.2 Å². The summed E-state index contributed by atoms with van der Waals surface area (Å²) in [5, 5.41) is 0. The van der Waals surface area contributed by atoms with Gasteiger partial charge in [-0.1, -0.05) is 41.2 Å². The van der Waals surface area contributed by atoms with Gasteiger partial charge < -0.3 is 4.74 Å².